The number of fused-ring (bicyclic) bond motifs is 1. The summed E-state index contributed by atoms with van der Waals surface area (Å²) in [6.45, 7) is 3.41. The number of aromatic nitrogens is 4. The Kier molecular flexibility index (Phi) is 9.25. The third-order valence-electron chi connectivity index (χ3n) is 6.05. The first-order valence-corrected chi connectivity index (χ1v) is 12.1. The smallest absolute Gasteiger partial charge is 0.326 e. The Bertz CT molecular complexity index is 1440. The number of benzene rings is 1. The fraction of sp³-hybridized carbons (Fsp3) is 0.360. The number of nitrogens with two attached hydrogens (primary N) is 1. The maximum atomic E-state index is 12.7. The van der Waals surface area contributed by atoms with Crippen LogP contribution in [0.25, 0.3) is 11.2 Å². The molecular weight excluding hydrogens is 508 g/mol. The number of carbonyl (C=O) groups is 4. The van der Waals surface area contributed by atoms with Gasteiger partial charge in [-0.1, -0.05) is 13.8 Å². The minimum Gasteiger partial charge on any atom is -0.480 e. The highest BCUT2D eigenvalue weighted by molar-refractivity contribution is 5.97. The molecule has 206 valence electrons. The molecule has 3 rings (SSSR count). The fourth-order valence-electron chi connectivity index (χ4n) is 3.78. The molecule has 0 saturated heterocycles. The van der Waals surface area contributed by atoms with Gasteiger partial charge in [0, 0.05) is 36.6 Å². The van der Waals surface area contributed by atoms with Gasteiger partial charge in [-0.25, -0.2) is 14.8 Å². The van der Waals surface area contributed by atoms with Crippen LogP contribution in [0.15, 0.2) is 35.3 Å². The Morgan fingerprint density at radius 2 is 1.77 bits per heavy atom. The summed E-state index contributed by atoms with van der Waals surface area (Å²) in [7, 11) is 1.48. The highest BCUT2D eigenvalue weighted by Gasteiger charge is 2.27. The Labute approximate surface area is 222 Å². The molecule has 3 atom stereocenters. The van der Waals surface area contributed by atoms with Crippen molar-refractivity contribution in [2.75, 3.05) is 18.1 Å². The number of carboxylic acids is 1. The quantitative estimate of drug-likeness (QED) is 0.186. The van der Waals surface area contributed by atoms with Gasteiger partial charge >= 0.3 is 5.97 Å². The molecule has 7 N–H and O–H groups in total. The van der Waals surface area contributed by atoms with Crippen molar-refractivity contribution in [2.45, 2.75) is 39.3 Å². The predicted octanol–water partition coefficient (Wildman–Crippen LogP) is 0.458. The second-order valence-corrected chi connectivity index (χ2v) is 9.10. The molecule has 0 aliphatic rings. The van der Waals surface area contributed by atoms with Crippen LogP contribution in [0.3, 0.4) is 0 Å². The highest BCUT2D eigenvalue weighted by atomic mass is 16.4. The van der Waals surface area contributed by atoms with E-state index in [1.165, 1.54) is 25.4 Å². The molecule has 0 saturated carbocycles. The predicted molar refractivity (Wildman–Crippen MR) is 142 cm³/mol. The first-order valence-electron chi connectivity index (χ1n) is 12.1. The molecule has 0 radical (unpaired) electrons. The van der Waals surface area contributed by atoms with Gasteiger partial charge in [-0.2, -0.15) is 4.98 Å². The van der Waals surface area contributed by atoms with Crippen LogP contribution in [0.1, 0.15) is 42.7 Å². The van der Waals surface area contributed by atoms with E-state index < -0.39 is 35.3 Å². The first kappa shape index (κ1) is 28.7. The van der Waals surface area contributed by atoms with E-state index in [1.54, 1.807) is 26.0 Å². The van der Waals surface area contributed by atoms with Gasteiger partial charge in [0.15, 0.2) is 11.2 Å². The SMILES string of the molecule is CNC(=O)[C@H](C)CC(=O)C(C)CC(NC(=O)c1ccc(NCc2cnc3nc(N)[nH]c(=O)c3n2)cc1)C(=O)O. The molecule has 0 spiro atoms. The van der Waals surface area contributed by atoms with Crippen molar-refractivity contribution < 1.29 is 24.3 Å². The highest BCUT2D eigenvalue weighted by Crippen LogP contribution is 2.16. The molecule has 2 aromatic heterocycles. The zero-order chi connectivity index (χ0) is 28.7. The Balaban J connectivity index is 1.58. The largest absolute Gasteiger partial charge is 0.480 e. The number of nitrogens with zero attached hydrogens (tertiary/aromatic N) is 3. The monoisotopic (exact) mass is 538 g/mol. The van der Waals surface area contributed by atoms with Crippen molar-refractivity contribution in [3.8, 4) is 0 Å². The van der Waals surface area contributed by atoms with Gasteiger partial charge in [0.25, 0.3) is 11.5 Å². The van der Waals surface area contributed by atoms with E-state index >= 15 is 0 Å². The van der Waals surface area contributed by atoms with Crippen LogP contribution in [0.5, 0.6) is 0 Å². The van der Waals surface area contributed by atoms with Crippen molar-refractivity contribution in [1.82, 2.24) is 30.6 Å². The van der Waals surface area contributed by atoms with E-state index in [2.05, 4.69) is 35.9 Å². The summed E-state index contributed by atoms with van der Waals surface area (Å²) in [6, 6.07) is 4.99. The van der Waals surface area contributed by atoms with Gasteiger partial charge in [0.1, 0.15) is 11.8 Å². The minimum atomic E-state index is -1.29. The number of rotatable bonds is 12. The third-order valence-corrected chi connectivity index (χ3v) is 6.05. The van der Waals surface area contributed by atoms with Crippen molar-refractivity contribution in [2.24, 2.45) is 11.8 Å². The molecular formula is C25H30N8O6. The number of hydrogen-bond donors (Lipinski definition) is 6. The normalized spacial score (nSPS) is 13.2. The number of nitrogen functional groups attached to an aromatic ring is 1. The lowest BCUT2D eigenvalue weighted by Gasteiger charge is -2.19. The number of nitrogens with one attached hydrogen (secondary N) is 4. The summed E-state index contributed by atoms with van der Waals surface area (Å²) >= 11 is 0. The summed E-state index contributed by atoms with van der Waals surface area (Å²) in [5.41, 5.74) is 6.52. The fourth-order valence-corrected chi connectivity index (χ4v) is 3.78. The zero-order valence-corrected chi connectivity index (χ0v) is 21.6. The number of carboxylic acid groups (broad SMARTS) is 1. The lowest BCUT2D eigenvalue weighted by molar-refractivity contribution is -0.140. The van der Waals surface area contributed by atoms with E-state index in [-0.39, 0.29) is 53.8 Å². The van der Waals surface area contributed by atoms with Crippen LogP contribution in [0.2, 0.25) is 0 Å². The number of ketones is 1. The summed E-state index contributed by atoms with van der Waals surface area (Å²) in [4.78, 5) is 75.2. The van der Waals surface area contributed by atoms with Gasteiger partial charge in [0.05, 0.1) is 18.4 Å². The molecule has 14 heteroatoms. The summed E-state index contributed by atoms with van der Waals surface area (Å²) in [6.07, 6.45) is 1.32. The van der Waals surface area contributed by atoms with Crippen LogP contribution in [-0.4, -0.2) is 61.7 Å². The Morgan fingerprint density at radius 3 is 2.41 bits per heavy atom. The number of aliphatic carboxylic acids is 1. The van der Waals surface area contributed by atoms with Crippen LogP contribution in [0, 0.1) is 11.8 Å². The molecule has 0 aliphatic carbocycles. The van der Waals surface area contributed by atoms with E-state index in [0.717, 1.165) is 0 Å². The number of carbonyl (C=O) groups excluding carboxylic acids is 3. The third kappa shape index (κ3) is 7.56. The van der Waals surface area contributed by atoms with Crippen LogP contribution in [0.4, 0.5) is 11.6 Å². The average molecular weight is 539 g/mol. The first-order chi connectivity index (χ1) is 18.5. The topological polar surface area (TPSA) is 222 Å². The Hall–Kier alpha value is -4.88. The summed E-state index contributed by atoms with van der Waals surface area (Å²) in [5, 5.41) is 17.6. The van der Waals surface area contributed by atoms with Crippen LogP contribution in [-0.2, 0) is 20.9 Å². The second kappa shape index (κ2) is 12.6. The van der Waals surface area contributed by atoms with E-state index in [1.807, 2.05) is 0 Å². The average Bonchev–Trinajstić information content (AvgIpc) is 2.91. The Morgan fingerprint density at radius 1 is 1.08 bits per heavy atom. The molecule has 0 aliphatic heterocycles. The van der Waals surface area contributed by atoms with Crippen LogP contribution >= 0.6 is 0 Å². The van der Waals surface area contributed by atoms with E-state index in [4.69, 9.17) is 5.73 Å². The lowest BCUT2D eigenvalue weighted by atomic mass is 9.91. The summed E-state index contributed by atoms with van der Waals surface area (Å²) < 4.78 is 0. The molecule has 14 nitrogen and oxygen atoms in total. The maximum absolute atomic E-state index is 12.7. The number of H-pyrrole nitrogens is 1. The van der Waals surface area contributed by atoms with Crippen LogP contribution < -0.4 is 27.2 Å². The molecule has 0 bridgehead atoms. The molecule has 0 fully saturated rings. The zero-order valence-electron chi connectivity index (χ0n) is 21.6. The lowest BCUT2D eigenvalue weighted by Crippen LogP contribution is -2.42. The number of aromatic amines is 1. The van der Waals surface area contributed by atoms with Gasteiger partial charge in [-0.05, 0) is 30.7 Å². The number of amides is 2. The number of anilines is 2. The standard InChI is InChI=1S/C25H30N8O6/c1-12(18(34)9-13(2)21(35)27-3)8-17(24(38)39)31-22(36)14-4-6-15(7-5-14)28-10-16-11-29-20-19(30-16)23(37)33-25(26)32-20/h4-7,11-13,17,28H,8-10H2,1-3H3,(H,27,35)(H,31,36)(H,38,39)(H3,26,29,32,33,37)/t12?,13-,17?/m1/s1. The molecule has 2 amide bonds. The van der Waals surface area contributed by atoms with Gasteiger partial charge in [0.2, 0.25) is 11.9 Å². The van der Waals surface area contributed by atoms with Crippen molar-refractivity contribution in [3.05, 3.63) is 52.1 Å². The summed E-state index contributed by atoms with van der Waals surface area (Å²) in [5.74, 6) is -3.69. The number of hydrogen-bond acceptors (Lipinski definition) is 10. The molecule has 2 heterocycles. The van der Waals surface area contributed by atoms with Gasteiger partial charge in [-0.3, -0.25) is 24.2 Å². The van der Waals surface area contributed by atoms with Gasteiger partial charge < -0.3 is 26.8 Å². The van der Waals surface area contributed by atoms with E-state index in [9.17, 15) is 29.1 Å². The molecule has 1 aromatic carbocycles. The van der Waals surface area contributed by atoms with Crippen molar-refractivity contribution in [1.29, 1.82) is 0 Å². The molecule has 2 unspecified atom stereocenters. The minimum absolute atomic E-state index is 0.0254. The second-order valence-electron chi connectivity index (χ2n) is 9.10. The maximum Gasteiger partial charge on any atom is 0.326 e. The number of Topliss-reactive ketones (excluding diaryl/α,β-unsaturated/α-hetero) is 1. The van der Waals surface area contributed by atoms with Crippen molar-refractivity contribution >= 4 is 46.4 Å². The van der Waals surface area contributed by atoms with Crippen molar-refractivity contribution in [3.63, 3.8) is 0 Å². The van der Waals surface area contributed by atoms with Gasteiger partial charge in [-0.15, -0.1) is 0 Å². The molecule has 3 aromatic rings. The molecule has 39 heavy (non-hydrogen) atoms. The van der Waals surface area contributed by atoms with E-state index in [0.29, 0.717) is 11.4 Å².